The van der Waals surface area contributed by atoms with Crippen LogP contribution in [-0.4, -0.2) is 17.8 Å². The highest BCUT2D eigenvalue weighted by atomic mass is 79.9. The normalized spacial score (nSPS) is 31.5. The molecule has 2 rings (SSSR count). The highest BCUT2D eigenvalue weighted by Crippen LogP contribution is 2.31. The van der Waals surface area contributed by atoms with Crippen LogP contribution in [0, 0.1) is 0 Å². The predicted octanol–water partition coefficient (Wildman–Crippen LogP) is 2.41. The van der Waals surface area contributed by atoms with Gasteiger partial charge < -0.3 is 10.4 Å². The lowest BCUT2D eigenvalue weighted by atomic mass is 9.81. The molecule has 2 unspecified atom stereocenters. The third-order valence-corrected chi connectivity index (χ3v) is 3.73. The Bertz CT molecular complexity index is 355. The summed E-state index contributed by atoms with van der Waals surface area (Å²) in [5.74, 6) is 0. The number of piperidine rings is 1. The molecule has 1 aromatic rings. The smallest absolute Gasteiger partial charge is 0.0761 e. The molecule has 2 nitrogen and oxygen atoms in total. The molecule has 3 heteroatoms. The molecule has 0 amide bonds. The van der Waals surface area contributed by atoms with Crippen LogP contribution in [0.25, 0.3) is 0 Å². The molecule has 82 valence electrons. The molecule has 1 fully saturated rings. The minimum absolute atomic E-state index is 0.304. The third-order valence-electron chi connectivity index (χ3n) is 3.24. The van der Waals surface area contributed by atoms with Crippen molar-refractivity contribution in [3.05, 3.63) is 34.3 Å². The molecule has 0 aromatic heterocycles. The summed E-state index contributed by atoms with van der Waals surface area (Å²) in [5.41, 5.74) is 0.839. The predicted molar refractivity (Wildman–Crippen MR) is 64.7 cm³/mol. The van der Waals surface area contributed by atoms with E-state index in [1.54, 1.807) is 0 Å². The lowest BCUT2D eigenvalue weighted by molar-refractivity contribution is 0.0384. The molecular weight excluding hydrogens is 254 g/mol. The largest absolute Gasteiger partial charge is 0.391 e. The summed E-state index contributed by atoms with van der Waals surface area (Å²) in [6.45, 7) is 3.04. The molecule has 1 aliphatic rings. The Morgan fingerprint density at radius 3 is 3.00 bits per heavy atom. The van der Waals surface area contributed by atoms with E-state index in [0.717, 1.165) is 29.4 Å². The number of rotatable bonds is 1. The third kappa shape index (κ3) is 2.10. The summed E-state index contributed by atoms with van der Waals surface area (Å²) in [5, 5.41) is 13.5. The van der Waals surface area contributed by atoms with Crippen LogP contribution in [0.2, 0.25) is 0 Å². The van der Waals surface area contributed by atoms with Crippen LogP contribution in [0.1, 0.15) is 25.3 Å². The van der Waals surface area contributed by atoms with Crippen molar-refractivity contribution < 1.29 is 5.11 Å². The van der Waals surface area contributed by atoms with Crippen LogP contribution in [0.4, 0.5) is 0 Å². The van der Waals surface area contributed by atoms with Gasteiger partial charge in [0.25, 0.3) is 0 Å². The van der Waals surface area contributed by atoms with E-state index in [2.05, 4.69) is 40.3 Å². The van der Waals surface area contributed by atoms with Crippen LogP contribution in [0.5, 0.6) is 0 Å². The van der Waals surface area contributed by atoms with Crippen molar-refractivity contribution in [3.8, 4) is 0 Å². The molecule has 0 aliphatic carbocycles. The Hall–Kier alpha value is -0.380. The van der Waals surface area contributed by atoms with Crippen LogP contribution >= 0.6 is 15.9 Å². The Labute approximate surface area is 98.8 Å². The zero-order valence-corrected chi connectivity index (χ0v) is 10.4. The van der Waals surface area contributed by atoms with Gasteiger partial charge in [-0.3, -0.25) is 0 Å². The molecule has 2 atom stereocenters. The first-order valence-corrected chi connectivity index (χ1v) is 6.11. The minimum atomic E-state index is -0.305. The van der Waals surface area contributed by atoms with Gasteiger partial charge in [0.15, 0.2) is 0 Å². The van der Waals surface area contributed by atoms with Gasteiger partial charge in [0.2, 0.25) is 0 Å². The summed E-state index contributed by atoms with van der Waals surface area (Å²) >= 11 is 3.46. The summed E-state index contributed by atoms with van der Waals surface area (Å²) in [4.78, 5) is 0. The van der Waals surface area contributed by atoms with Crippen LogP contribution in [-0.2, 0) is 5.54 Å². The number of hydrogen-bond donors (Lipinski definition) is 2. The lowest BCUT2D eigenvalue weighted by Gasteiger charge is -2.40. The zero-order valence-electron chi connectivity index (χ0n) is 8.83. The van der Waals surface area contributed by atoms with E-state index in [-0.39, 0.29) is 11.6 Å². The summed E-state index contributed by atoms with van der Waals surface area (Å²) < 4.78 is 1.06. The first-order chi connectivity index (χ1) is 7.13. The Kier molecular flexibility index (Phi) is 3.14. The highest BCUT2D eigenvalue weighted by Gasteiger charge is 2.36. The summed E-state index contributed by atoms with van der Waals surface area (Å²) in [6.07, 6.45) is 1.61. The van der Waals surface area contributed by atoms with Crippen molar-refractivity contribution in [1.82, 2.24) is 5.32 Å². The van der Waals surface area contributed by atoms with Gasteiger partial charge in [-0.05, 0) is 44.0 Å². The van der Waals surface area contributed by atoms with Gasteiger partial charge in [0, 0.05) is 4.47 Å². The van der Waals surface area contributed by atoms with E-state index in [9.17, 15) is 5.11 Å². The number of halogens is 1. The zero-order chi connectivity index (χ0) is 10.9. The Morgan fingerprint density at radius 1 is 1.53 bits per heavy atom. The molecular formula is C12H16BrNO. The van der Waals surface area contributed by atoms with Crippen LogP contribution in [0.3, 0.4) is 0 Å². The van der Waals surface area contributed by atoms with E-state index >= 15 is 0 Å². The fourth-order valence-electron chi connectivity index (χ4n) is 2.16. The molecule has 15 heavy (non-hydrogen) atoms. The number of aliphatic hydroxyl groups excluding tert-OH is 1. The van der Waals surface area contributed by atoms with E-state index in [1.807, 2.05) is 12.1 Å². The van der Waals surface area contributed by atoms with Gasteiger partial charge in [0.1, 0.15) is 0 Å². The second-order valence-corrected chi connectivity index (χ2v) is 5.21. The topological polar surface area (TPSA) is 32.3 Å². The minimum Gasteiger partial charge on any atom is -0.391 e. The van der Waals surface area contributed by atoms with E-state index in [1.165, 1.54) is 0 Å². The Morgan fingerprint density at radius 2 is 2.33 bits per heavy atom. The van der Waals surface area contributed by atoms with Crippen molar-refractivity contribution in [2.24, 2.45) is 0 Å². The van der Waals surface area contributed by atoms with Crippen molar-refractivity contribution in [1.29, 1.82) is 0 Å². The molecule has 0 bridgehead atoms. The maximum Gasteiger partial charge on any atom is 0.0761 e. The first kappa shape index (κ1) is 11.1. The average Bonchev–Trinajstić information content (AvgIpc) is 2.23. The van der Waals surface area contributed by atoms with Gasteiger partial charge >= 0.3 is 0 Å². The van der Waals surface area contributed by atoms with E-state index in [4.69, 9.17) is 0 Å². The fraction of sp³-hybridized carbons (Fsp3) is 0.500. The monoisotopic (exact) mass is 269 g/mol. The van der Waals surface area contributed by atoms with E-state index < -0.39 is 0 Å². The molecule has 0 saturated carbocycles. The fourth-order valence-corrected chi connectivity index (χ4v) is 2.56. The van der Waals surface area contributed by atoms with Crippen LogP contribution < -0.4 is 5.32 Å². The SMILES string of the molecule is CC1(c2cccc(Br)c2)NCCCC1O. The molecule has 2 N–H and O–H groups in total. The van der Waals surface area contributed by atoms with Crippen molar-refractivity contribution in [2.45, 2.75) is 31.4 Å². The Balaban J connectivity index is 2.34. The maximum atomic E-state index is 10.1. The van der Waals surface area contributed by atoms with Gasteiger partial charge in [-0.1, -0.05) is 28.1 Å². The quantitative estimate of drug-likeness (QED) is 0.821. The second-order valence-electron chi connectivity index (χ2n) is 4.30. The van der Waals surface area contributed by atoms with Crippen molar-refractivity contribution in [3.63, 3.8) is 0 Å². The summed E-state index contributed by atoms with van der Waals surface area (Å²) in [6, 6.07) is 8.14. The number of benzene rings is 1. The van der Waals surface area contributed by atoms with Crippen molar-refractivity contribution in [2.75, 3.05) is 6.54 Å². The van der Waals surface area contributed by atoms with Crippen LogP contribution in [0.15, 0.2) is 28.7 Å². The molecule has 1 aliphatic heterocycles. The van der Waals surface area contributed by atoms with Gasteiger partial charge in [-0.2, -0.15) is 0 Å². The van der Waals surface area contributed by atoms with E-state index in [0.29, 0.717) is 0 Å². The lowest BCUT2D eigenvalue weighted by Crippen LogP contribution is -2.53. The molecule has 1 aromatic carbocycles. The molecule has 1 heterocycles. The average molecular weight is 270 g/mol. The second kappa shape index (κ2) is 4.24. The number of hydrogen-bond acceptors (Lipinski definition) is 2. The van der Waals surface area contributed by atoms with Gasteiger partial charge in [-0.15, -0.1) is 0 Å². The summed E-state index contributed by atoms with van der Waals surface area (Å²) in [7, 11) is 0. The molecule has 1 saturated heterocycles. The highest BCUT2D eigenvalue weighted by molar-refractivity contribution is 9.10. The molecule has 0 radical (unpaired) electrons. The first-order valence-electron chi connectivity index (χ1n) is 5.32. The van der Waals surface area contributed by atoms with Gasteiger partial charge in [-0.25, -0.2) is 0 Å². The standard InChI is InChI=1S/C12H16BrNO/c1-12(11(15)6-3-7-14-12)9-4-2-5-10(13)8-9/h2,4-5,8,11,14-15H,3,6-7H2,1H3. The number of aliphatic hydroxyl groups is 1. The maximum absolute atomic E-state index is 10.1. The van der Waals surface area contributed by atoms with Crippen molar-refractivity contribution >= 4 is 15.9 Å². The van der Waals surface area contributed by atoms with Gasteiger partial charge in [0.05, 0.1) is 11.6 Å². The molecule has 0 spiro atoms. The number of nitrogens with one attached hydrogen (secondary N) is 1.